The van der Waals surface area contributed by atoms with Gasteiger partial charge < -0.3 is 0 Å². The van der Waals surface area contributed by atoms with E-state index in [0.717, 1.165) is 12.8 Å². The molecular weight excluding hydrogens is 150 g/mol. The molecule has 0 fully saturated rings. The van der Waals surface area contributed by atoms with Crippen LogP contribution in [0, 0.1) is 16.7 Å². The summed E-state index contributed by atoms with van der Waals surface area (Å²) in [5.74, 6) is 0.882. The van der Waals surface area contributed by atoms with Gasteiger partial charge in [-0.25, -0.2) is 0 Å². The molecule has 0 saturated heterocycles. The highest BCUT2D eigenvalue weighted by Gasteiger charge is 2.11. The Kier molecular flexibility index (Phi) is 5.31. The molecule has 2 atom stereocenters. The minimum atomic E-state index is 0.289. The van der Waals surface area contributed by atoms with E-state index in [2.05, 4.69) is 18.4 Å². The molecule has 0 heterocycles. The van der Waals surface area contributed by atoms with Gasteiger partial charge in [0.05, 0.1) is 5.92 Å². The van der Waals surface area contributed by atoms with Crippen LogP contribution in [0.2, 0.25) is 0 Å². The molecule has 2 nitrogen and oxygen atoms in total. The second-order valence-corrected chi connectivity index (χ2v) is 3.73. The van der Waals surface area contributed by atoms with E-state index in [0.29, 0.717) is 5.92 Å². The predicted molar refractivity (Wildman–Crippen MR) is 53.9 cm³/mol. The Morgan fingerprint density at radius 1 is 1.58 bits per heavy atom. The minimum absolute atomic E-state index is 0.289. The zero-order chi connectivity index (χ0) is 9.56. The quantitative estimate of drug-likeness (QED) is 0.352. The van der Waals surface area contributed by atoms with Crippen molar-refractivity contribution in [3.8, 4) is 0 Å². The number of rotatable bonds is 5. The molecule has 0 spiro atoms. The molecule has 0 N–H and O–H groups in total. The fourth-order valence-electron chi connectivity index (χ4n) is 1.48. The molecule has 0 amide bonds. The van der Waals surface area contributed by atoms with Crippen LogP contribution >= 0.6 is 0 Å². The third kappa shape index (κ3) is 5.87. The summed E-state index contributed by atoms with van der Waals surface area (Å²) in [7, 11) is 0. The normalized spacial score (nSPS) is 14.6. The van der Waals surface area contributed by atoms with Crippen molar-refractivity contribution >= 4 is 6.21 Å². The van der Waals surface area contributed by atoms with Crippen LogP contribution in [0.5, 0.6) is 0 Å². The molecule has 0 saturated carbocycles. The van der Waals surface area contributed by atoms with E-state index in [1.807, 2.05) is 13.8 Å². The SMILES string of the molecule is C=C(C)CC(C)CC(C)C=[N+]=O. The maximum absolute atomic E-state index is 9.90. The lowest BCUT2D eigenvalue weighted by molar-refractivity contribution is 0.482. The Balaban J connectivity index is 3.75. The van der Waals surface area contributed by atoms with Crippen LogP contribution in [0.25, 0.3) is 0 Å². The summed E-state index contributed by atoms with van der Waals surface area (Å²) in [5.41, 5.74) is 1.20. The van der Waals surface area contributed by atoms with Gasteiger partial charge >= 0.3 is 6.21 Å². The van der Waals surface area contributed by atoms with E-state index < -0.39 is 0 Å². The summed E-state index contributed by atoms with van der Waals surface area (Å²) in [6.45, 7) is 10.1. The first-order valence-electron chi connectivity index (χ1n) is 4.36. The summed E-state index contributed by atoms with van der Waals surface area (Å²) in [6, 6.07) is 0. The standard InChI is InChI=1S/C10H18NO/c1-8(2)5-9(3)6-10(4)7-11-12/h7,9-10H,1,5-6H2,2-4H3/q+1. The van der Waals surface area contributed by atoms with Crippen LogP contribution in [-0.4, -0.2) is 6.21 Å². The van der Waals surface area contributed by atoms with Gasteiger partial charge in [0.1, 0.15) is 0 Å². The molecule has 0 aromatic carbocycles. The maximum Gasteiger partial charge on any atom is 0.341 e. The third-order valence-electron chi connectivity index (χ3n) is 1.79. The fraction of sp³-hybridized carbons (Fsp3) is 0.700. The highest BCUT2D eigenvalue weighted by Crippen LogP contribution is 2.16. The van der Waals surface area contributed by atoms with Crippen molar-refractivity contribution in [2.45, 2.75) is 33.6 Å². The molecule has 2 heteroatoms. The first-order chi connectivity index (χ1) is 5.56. The smallest absolute Gasteiger partial charge is 0.100 e. The van der Waals surface area contributed by atoms with Crippen LogP contribution in [0.4, 0.5) is 0 Å². The summed E-state index contributed by atoms with van der Waals surface area (Å²) >= 11 is 0. The van der Waals surface area contributed by atoms with Crippen LogP contribution < -0.4 is 4.85 Å². The second kappa shape index (κ2) is 5.73. The highest BCUT2D eigenvalue weighted by atomic mass is 16.2. The Bertz CT molecular complexity index is 192. The van der Waals surface area contributed by atoms with Crippen molar-refractivity contribution in [1.29, 1.82) is 0 Å². The van der Waals surface area contributed by atoms with E-state index in [-0.39, 0.29) is 5.92 Å². The first kappa shape index (κ1) is 11.1. The Morgan fingerprint density at radius 2 is 2.17 bits per heavy atom. The Morgan fingerprint density at radius 3 is 2.58 bits per heavy atom. The molecule has 0 bridgehead atoms. The molecule has 0 aliphatic carbocycles. The largest absolute Gasteiger partial charge is 0.341 e. The number of nitroso groups, excluding NO2 is 1. The van der Waals surface area contributed by atoms with Gasteiger partial charge in [0.2, 0.25) is 4.85 Å². The topological polar surface area (TPSA) is 31.2 Å². The second-order valence-electron chi connectivity index (χ2n) is 3.73. The first-order valence-corrected chi connectivity index (χ1v) is 4.36. The Labute approximate surface area is 74.4 Å². The van der Waals surface area contributed by atoms with Crippen LogP contribution in [-0.2, 0) is 0 Å². The van der Waals surface area contributed by atoms with E-state index in [1.54, 1.807) is 0 Å². The van der Waals surface area contributed by atoms with Gasteiger partial charge in [0.15, 0.2) is 4.91 Å². The van der Waals surface area contributed by atoms with Crippen molar-refractivity contribution < 1.29 is 0 Å². The van der Waals surface area contributed by atoms with Crippen molar-refractivity contribution in [1.82, 2.24) is 4.85 Å². The van der Waals surface area contributed by atoms with E-state index >= 15 is 0 Å². The molecule has 0 radical (unpaired) electrons. The van der Waals surface area contributed by atoms with E-state index in [9.17, 15) is 4.91 Å². The van der Waals surface area contributed by atoms with Crippen LogP contribution in [0.15, 0.2) is 12.2 Å². The van der Waals surface area contributed by atoms with Gasteiger partial charge in [-0.05, 0) is 25.7 Å². The number of hydrogen-bond donors (Lipinski definition) is 0. The molecule has 2 unspecified atom stereocenters. The molecular formula is C10H18NO+. The van der Waals surface area contributed by atoms with Crippen molar-refractivity contribution in [3.05, 3.63) is 17.1 Å². The van der Waals surface area contributed by atoms with E-state index in [4.69, 9.17) is 0 Å². The molecule has 68 valence electrons. The van der Waals surface area contributed by atoms with Gasteiger partial charge in [-0.3, -0.25) is 0 Å². The Hall–Kier alpha value is -0.880. The molecule has 12 heavy (non-hydrogen) atoms. The zero-order valence-electron chi connectivity index (χ0n) is 8.21. The maximum atomic E-state index is 9.90. The summed E-state index contributed by atoms with van der Waals surface area (Å²) in [4.78, 5) is 12.7. The summed E-state index contributed by atoms with van der Waals surface area (Å²) in [5, 5.41) is 0. The number of hydrogen-bond acceptors (Lipinski definition) is 1. The lowest BCUT2D eigenvalue weighted by atomic mass is 9.93. The van der Waals surface area contributed by atoms with Crippen molar-refractivity contribution in [3.63, 3.8) is 0 Å². The molecule has 0 aromatic rings. The summed E-state index contributed by atoms with van der Waals surface area (Å²) in [6.07, 6.45) is 3.52. The molecule has 0 aliphatic heterocycles. The molecule has 0 aromatic heterocycles. The fourth-order valence-corrected chi connectivity index (χ4v) is 1.48. The van der Waals surface area contributed by atoms with Gasteiger partial charge in [-0.15, -0.1) is 6.58 Å². The average molecular weight is 168 g/mol. The lowest BCUT2D eigenvalue weighted by Crippen LogP contribution is -2.05. The highest BCUT2D eigenvalue weighted by molar-refractivity contribution is 5.57. The number of nitrogens with zero attached hydrogens (tertiary/aromatic N) is 1. The van der Waals surface area contributed by atoms with Gasteiger partial charge in [-0.1, -0.05) is 19.4 Å². The third-order valence-corrected chi connectivity index (χ3v) is 1.79. The van der Waals surface area contributed by atoms with Crippen molar-refractivity contribution in [2.75, 3.05) is 0 Å². The zero-order valence-corrected chi connectivity index (χ0v) is 8.21. The molecule has 0 rings (SSSR count). The minimum Gasteiger partial charge on any atom is -0.100 e. The van der Waals surface area contributed by atoms with Crippen LogP contribution in [0.3, 0.4) is 0 Å². The lowest BCUT2D eigenvalue weighted by Gasteiger charge is -2.10. The van der Waals surface area contributed by atoms with Crippen LogP contribution in [0.1, 0.15) is 33.6 Å². The monoisotopic (exact) mass is 168 g/mol. The van der Waals surface area contributed by atoms with Gasteiger partial charge in [-0.2, -0.15) is 0 Å². The van der Waals surface area contributed by atoms with Gasteiger partial charge in [0.25, 0.3) is 0 Å². The van der Waals surface area contributed by atoms with Gasteiger partial charge in [0, 0.05) is 0 Å². The van der Waals surface area contributed by atoms with E-state index in [1.165, 1.54) is 11.8 Å². The number of allylic oxidation sites excluding steroid dienone is 1. The predicted octanol–water partition coefficient (Wildman–Crippen LogP) is 2.52. The molecule has 0 aliphatic rings. The average Bonchev–Trinajstić information content (AvgIpc) is 1.84. The summed E-state index contributed by atoms with van der Waals surface area (Å²) < 4.78 is 0. The van der Waals surface area contributed by atoms with Crippen molar-refractivity contribution in [2.24, 2.45) is 11.8 Å².